The standard InChI is InChI=1S/C17H27ClN2O/c1-4-19-16(14-5-7-15(18)8-6-14)9-10-20-11-12-21-13-17(20,2)3/h5-8,16,19H,4,9-13H2,1-3H3. The van der Waals surface area contributed by atoms with Gasteiger partial charge < -0.3 is 10.1 Å². The molecule has 0 spiro atoms. The van der Waals surface area contributed by atoms with Crippen molar-refractivity contribution in [2.45, 2.75) is 38.8 Å². The molecule has 0 aliphatic carbocycles. The Morgan fingerprint density at radius 2 is 2.05 bits per heavy atom. The largest absolute Gasteiger partial charge is 0.378 e. The van der Waals surface area contributed by atoms with Gasteiger partial charge in [-0.2, -0.15) is 0 Å². The van der Waals surface area contributed by atoms with Crippen molar-refractivity contribution in [1.29, 1.82) is 0 Å². The van der Waals surface area contributed by atoms with Gasteiger partial charge in [-0.05, 0) is 44.5 Å². The Morgan fingerprint density at radius 1 is 1.33 bits per heavy atom. The fourth-order valence-corrected chi connectivity index (χ4v) is 3.04. The summed E-state index contributed by atoms with van der Waals surface area (Å²) in [6.45, 7) is 11.4. The molecule has 0 bridgehead atoms. The summed E-state index contributed by atoms with van der Waals surface area (Å²) in [5.74, 6) is 0. The van der Waals surface area contributed by atoms with Gasteiger partial charge in [0.05, 0.1) is 13.2 Å². The van der Waals surface area contributed by atoms with Crippen LogP contribution < -0.4 is 5.32 Å². The average Bonchev–Trinajstić information content (AvgIpc) is 2.45. The molecule has 1 aliphatic heterocycles. The predicted molar refractivity (Wildman–Crippen MR) is 89.0 cm³/mol. The number of nitrogens with zero attached hydrogens (tertiary/aromatic N) is 1. The summed E-state index contributed by atoms with van der Waals surface area (Å²) in [6.07, 6.45) is 1.10. The molecule has 1 atom stereocenters. The van der Waals surface area contributed by atoms with Gasteiger partial charge in [-0.3, -0.25) is 4.90 Å². The van der Waals surface area contributed by atoms with Crippen molar-refractivity contribution >= 4 is 11.6 Å². The maximum absolute atomic E-state index is 5.99. The first kappa shape index (κ1) is 16.8. The van der Waals surface area contributed by atoms with Crippen molar-refractivity contribution in [2.24, 2.45) is 0 Å². The normalized spacial score (nSPS) is 20.4. The van der Waals surface area contributed by atoms with E-state index in [9.17, 15) is 0 Å². The molecular formula is C17H27ClN2O. The molecule has 1 unspecified atom stereocenters. The SMILES string of the molecule is CCNC(CCN1CCOCC1(C)C)c1ccc(Cl)cc1. The summed E-state index contributed by atoms with van der Waals surface area (Å²) in [7, 11) is 0. The Hall–Kier alpha value is -0.610. The van der Waals surface area contributed by atoms with E-state index in [1.165, 1.54) is 5.56 Å². The van der Waals surface area contributed by atoms with Gasteiger partial charge in [-0.1, -0.05) is 30.7 Å². The first-order chi connectivity index (χ1) is 10.0. The highest BCUT2D eigenvalue weighted by Crippen LogP contribution is 2.23. The zero-order valence-electron chi connectivity index (χ0n) is 13.4. The van der Waals surface area contributed by atoms with Gasteiger partial charge in [0.25, 0.3) is 0 Å². The summed E-state index contributed by atoms with van der Waals surface area (Å²) < 4.78 is 5.60. The second-order valence-corrected chi connectivity index (χ2v) is 6.74. The maximum Gasteiger partial charge on any atom is 0.0645 e. The number of hydrogen-bond donors (Lipinski definition) is 1. The van der Waals surface area contributed by atoms with Gasteiger partial charge in [-0.15, -0.1) is 0 Å². The van der Waals surface area contributed by atoms with Gasteiger partial charge in [0, 0.05) is 29.7 Å². The number of halogens is 1. The summed E-state index contributed by atoms with van der Waals surface area (Å²) in [5, 5.41) is 4.38. The van der Waals surface area contributed by atoms with E-state index in [-0.39, 0.29) is 5.54 Å². The molecule has 21 heavy (non-hydrogen) atoms. The van der Waals surface area contributed by atoms with E-state index in [1.54, 1.807) is 0 Å². The summed E-state index contributed by atoms with van der Waals surface area (Å²) in [6, 6.07) is 8.57. The summed E-state index contributed by atoms with van der Waals surface area (Å²) in [5.41, 5.74) is 1.45. The second kappa shape index (κ2) is 7.59. The van der Waals surface area contributed by atoms with Crippen molar-refractivity contribution in [3.63, 3.8) is 0 Å². The minimum atomic E-state index is 0.134. The molecule has 1 aliphatic rings. The molecule has 0 radical (unpaired) electrons. The molecule has 1 N–H and O–H groups in total. The topological polar surface area (TPSA) is 24.5 Å². The van der Waals surface area contributed by atoms with Crippen molar-refractivity contribution in [1.82, 2.24) is 10.2 Å². The van der Waals surface area contributed by atoms with E-state index < -0.39 is 0 Å². The van der Waals surface area contributed by atoms with Crippen LogP contribution in [0, 0.1) is 0 Å². The number of benzene rings is 1. The number of hydrogen-bond acceptors (Lipinski definition) is 3. The van der Waals surface area contributed by atoms with Crippen LogP contribution in [0.2, 0.25) is 5.02 Å². The minimum absolute atomic E-state index is 0.134. The first-order valence-corrected chi connectivity index (χ1v) is 8.22. The molecule has 0 aromatic heterocycles. The lowest BCUT2D eigenvalue weighted by atomic mass is 9.99. The molecule has 2 rings (SSSR count). The third-order valence-corrected chi connectivity index (χ3v) is 4.48. The van der Waals surface area contributed by atoms with Gasteiger partial charge in [-0.25, -0.2) is 0 Å². The Bertz CT molecular complexity index is 433. The van der Waals surface area contributed by atoms with Crippen molar-refractivity contribution in [2.75, 3.05) is 32.8 Å². The fourth-order valence-electron chi connectivity index (χ4n) is 2.92. The average molecular weight is 311 g/mol. The van der Waals surface area contributed by atoms with Gasteiger partial charge in [0.15, 0.2) is 0 Å². The zero-order valence-corrected chi connectivity index (χ0v) is 14.1. The van der Waals surface area contributed by atoms with Crippen LogP contribution in [0.3, 0.4) is 0 Å². The molecule has 1 heterocycles. The molecule has 1 saturated heterocycles. The smallest absolute Gasteiger partial charge is 0.0645 e. The number of morpholine rings is 1. The van der Waals surface area contributed by atoms with E-state index in [2.05, 4.69) is 43.1 Å². The molecule has 1 aromatic carbocycles. The molecule has 1 fully saturated rings. The monoisotopic (exact) mass is 310 g/mol. The van der Waals surface area contributed by atoms with Crippen molar-refractivity contribution in [3.05, 3.63) is 34.9 Å². The summed E-state index contributed by atoms with van der Waals surface area (Å²) in [4.78, 5) is 2.54. The fraction of sp³-hybridized carbons (Fsp3) is 0.647. The lowest BCUT2D eigenvalue weighted by molar-refractivity contribution is -0.0521. The maximum atomic E-state index is 5.99. The molecule has 118 valence electrons. The number of nitrogens with one attached hydrogen (secondary N) is 1. The first-order valence-electron chi connectivity index (χ1n) is 7.84. The van der Waals surface area contributed by atoms with Gasteiger partial charge in [0.1, 0.15) is 0 Å². The number of rotatable bonds is 6. The van der Waals surface area contributed by atoms with Crippen LogP contribution in [0.25, 0.3) is 0 Å². The highest BCUT2D eigenvalue weighted by molar-refractivity contribution is 6.30. The number of ether oxygens (including phenoxy) is 1. The predicted octanol–water partition coefficient (Wildman–Crippen LogP) is 3.49. The lowest BCUT2D eigenvalue weighted by Gasteiger charge is -2.42. The van der Waals surface area contributed by atoms with Crippen LogP contribution in [-0.2, 0) is 4.74 Å². The Morgan fingerprint density at radius 3 is 2.67 bits per heavy atom. The van der Waals surface area contributed by atoms with E-state index in [4.69, 9.17) is 16.3 Å². The van der Waals surface area contributed by atoms with Crippen LogP contribution in [0.5, 0.6) is 0 Å². The summed E-state index contributed by atoms with van der Waals surface area (Å²) >= 11 is 5.99. The quantitative estimate of drug-likeness (QED) is 0.870. The van der Waals surface area contributed by atoms with Crippen molar-refractivity contribution in [3.8, 4) is 0 Å². The van der Waals surface area contributed by atoms with Crippen molar-refractivity contribution < 1.29 is 4.74 Å². The van der Waals surface area contributed by atoms with Crippen LogP contribution in [0.4, 0.5) is 0 Å². The lowest BCUT2D eigenvalue weighted by Crippen LogP contribution is -2.53. The van der Waals surface area contributed by atoms with Crippen LogP contribution >= 0.6 is 11.6 Å². The highest BCUT2D eigenvalue weighted by Gasteiger charge is 2.30. The van der Waals surface area contributed by atoms with E-state index in [0.717, 1.165) is 44.3 Å². The molecule has 1 aromatic rings. The molecule has 4 heteroatoms. The third kappa shape index (κ3) is 4.68. The molecule has 3 nitrogen and oxygen atoms in total. The van der Waals surface area contributed by atoms with Crippen LogP contribution in [-0.4, -0.2) is 43.3 Å². The van der Waals surface area contributed by atoms with E-state index in [1.807, 2.05) is 12.1 Å². The third-order valence-electron chi connectivity index (χ3n) is 4.23. The van der Waals surface area contributed by atoms with Gasteiger partial charge >= 0.3 is 0 Å². The molecule has 0 amide bonds. The Labute approximate surface area is 133 Å². The Kier molecular flexibility index (Phi) is 6.06. The Balaban J connectivity index is 1.98. The van der Waals surface area contributed by atoms with E-state index in [0.29, 0.717) is 6.04 Å². The zero-order chi connectivity index (χ0) is 15.3. The van der Waals surface area contributed by atoms with E-state index >= 15 is 0 Å². The molecule has 0 saturated carbocycles. The minimum Gasteiger partial charge on any atom is -0.378 e. The second-order valence-electron chi connectivity index (χ2n) is 6.30. The highest BCUT2D eigenvalue weighted by atomic mass is 35.5. The van der Waals surface area contributed by atoms with Crippen LogP contribution in [0.15, 0.2) is 24.3 Å². The van der Waals surface area contributed by atoms with Gasteiger partial charge in [0.2, 0.25) is 0 Å². The molecular weight excluding hydrogens is 284 g/mol. The van der Waals surface area contributed by atoms with Crippen LogP contribution in [0.1, 0.15) is 38.8 Å².